The lowest BCUT2D eigenvalue weighted by Crippen LogP contribution is -2.22. The number of aryl methyl sites for hydroxylation is 2. The molecule has 0 aliphatic carbocycles. The molecule has 1 unspecified atom stereocenters. The van der Waals surface area contributed by atoms with Crippen molar-refractivity contribution < 1.29 is 9.26 Å². The van der Waals surface area contributed by atoms with Crippen LogP contribution < -0.4 is 0 Å². The number of hydrogen-bond acceptors (Lipinski definition) is 7. The predicted octanol–water partition coefficient (Wildman–Crippen LogP) is 3.46. The Morgan fingerprint density at radius 3 is 2.74 bits per heavy atom. The molecule has 9 heteroatoms. The minimum Gasteiger partial charge on any atom is -0.365 e. The van der Waals surface area contributed by atoms with E-state index in [9.17, 15) is 0 Å². The Kier molecular flexibility index (Phi) is 3.97. The van der Waals surface area contributed by atoms with Crippen LogP contribution >= 0.6 is 0 Å². The van der Waals surface area contributed by atoms with Crippen molar-refractivity contribution in [2.75, 3.05) is 0 Å². The van der Waals surface area contributed by atoms with Crippen molar-refractivity contribution in [3.63, 3.8) is 0 Å². The lowest BCUT2D eigenvalue weighted by molar-refractivity contribution is -0.00112. The molecular formula is C22H19N7O2. The third-order valence-electron chi connectivity index (χ3n) is 5.64. The second kappa shape index (κ2) is 6.85. The molecule has 31 heavy (non-hydrogen) atoms. The Balaban J connectivity index is 1.31. The fourth-order valence-electron chi connectivity index (χ4n) is 3.96. The summed E-state index contributed by atoms with van der Waals surface area (Å²) in [6.07, 6.45) is -0.0663. The van der Waals surface area contributed by atoms with Crippen molar-refractivity contribution in [2.45, 2.75) is 26.2 Å². The average Bonchev–Trinajstić information content (AvgIpc) is 3.51. The topological polar surface area (TPSA) is 96.7 Å². The van der Waals surface area contributed by atoms with E-state index in [1.165, 1.54) is 5.56 Å². The van der Waals surface area contributed by atoms with Gasteiger partial charge in [-0.15, -0.1) is 5.10 Å². The number of rotatable bonds is 3. The van der Waals surface area contributed by atoms with Gasteiger partial charge in [0.2, 0.25) is 5.82 Å². The monoisotopic (exact) mass is 413 g/mol. The molecule has 9 nitrogen and oxygen atoms in total. The summed E-state index contributed by atoms with van der Waals surface area (Å²) in [6, 6.07) is 16.3. The Labute approximate surface area is 177 Å². The maximum atomic E-state index is 6.10. The Bertz CT molecular complexity index is 1400. The molecule has 154 valence electrons. The van der Waals surface area contributed by atoms with E-state index in [-0.39, 0.29) is 6.10 Å². The SMILES string of the molecule is Cc1ccc(C2Cn3nnc(-c4noc(-c5nn(C)c6ccccc56)n4)c3CO2)cc1. The zero-order valence-corrected chi connectivity index (χ0v) is 17.1. The van der Waals surface area contributed by atoms with Crippen molar-refractivity contribution in [3.8, 4) is 23.1 Å². The lowest BCUT2D eigenvalue weighted by atomic mass is 10.1. The number of ether oxygens (including phenoxy) is 1. The van der Waals surface area contributed by atoms with Gasteiger partial charge in [-0.1, -0.05) is 58.4 Å². The number of hydrogen-bond donors (Lipinski definition) is 0. The molecule has 1 aliphatic rings. The molecule has 1 aliphatic heterocycles. The summed E-state index contributed by atoms with van der Waals surface area (Å²) in [5, 5.41) is 18.3. The van der Waals surface area contributed by atoms with Gasteiger partial charge in [0.15, 0.2) is 11.4 Å². The van der Waals surface area contributed by atoms with Gasteiger partial charge in [0.05, 0.1) is 24.4 Å². The first-order valence-corrected chi connectivity index (χ1v) is 10.0. The number of fused-ring (bicyclic) bond motifs is 2. The average molecular weight is 413 g/mol. The second-order valence-corrected chi connectivity index (χ2v) is 7.69. The van der Waals surface area contributed by atoms with Crippen LogP contribution in [0.25, 0.3) is 34.0 Å². The van der Waals surface area contributed by atoms with Crippen molar-refractivity contribution in [1.82, 2.24) is 34.9 Å². The molecule has 3 aromatic heterocycles. The van der Waals surface area contributed by atoms with Gasteiger partial charge < -0.3 is 9.26 Å². The molecule has 6 rings (SSSR count). The Morgan fingerprint density at radius 1 is 1.03 bits per heavy atom. The van der Waals surface area contributed by atoms with E-state index < -0.39 is 0 Å². The standard InChI is InChI=1S/C22H19N7O2/c1-13-7-9-14(10-8-13)18-11-29-17(12-30-18)20(24-27-29)21-23-22(31-26-21)19-15-5-3-4-6-16(15)28(2)25-19/h3-10,18H,11-12H2,1-2H3. The van der Waals surface area contributed by atoms with Crippen molar-refractivity contribution in [1.29, 1.82) is 0 Å². The fraction of sp³-hybridized carbons (Fsp3) is 0.227. The minimum absolute atomic E-state index is 0.0663. The van der Waals surface area contributed by atoms with Gasteiger partial charge in [0.1, 0.15) is 6.10 Å². The first-order valence-electron chi connectivity index (χ1n) is 10.0. The number of nitrogens with zero attached hydrogens (tertiary/aromatic N) is 7. The molecule has 0 N–H and O–H groups in total. The third kappa shape index (κ3) is 2.93. The minimum atomic E-state index is -0.0663. The maximum Gasteiger partial charge on any atom is 0.279 e. The molecular weight excluding hydrogens is 394 g/mol. The van der Waals surface area contributed by atoms with E-state index in [0.29, 0.717) is 36.3 Å². The normalized spacial score (nSPS) is 16.0. The lowest BCUT2D eigenvalue weighted by Gasteiger charge is -2.24. The molecule has 0 spiro atoms. The second-order valence-electron chi connectivity index (χ2n) is 7.69. The largest absolute Gasteiger partial charge is 0.365 e. The van der Waals surface area contributed by atoms with Crippen molar-refractivity contribution in [2.24, 2.45) is 7.05 Å². The third-order valence-corrected chi connectivity index (χ3v) is 5.64. The van der Waals surface area contributed by atoms with Crippen molar-refractivity contribution in [3.05, 3.63) is 65.4 Å². The van der Waals surface area contributed by atoms with E-state index in [4.69, 9.17) is 9.26 Å². The highest BCUT2D eigenvalue weighted by Gasteiger charge is 2.28. The van der Waals surface area contributed by atoms with Gasteiger partial charge in [-0.05, 0) is 18.6 Å². The molecule has 2 aromatic carbocycles. The quantitative estimate of drug-likeness (QED) is 0.447. The van der Waals surface area contributed by atoms with Crippen LogP contribution in [0.1, 0.15) is 22.9 Å². The van der Waals surface area contributed by atoms with E-state index >= 15 is 0 Å². The van der Waals surface area contributed by atoms with Crippen LogP contribution in [0.4, 0.5) is 0 Å². The highest BCUT2D eigenvalue weighted by molar-refractivity contribution is 5.91. The van der Waals surface area contributed by atoms with E-state index in [1.807, 2.05) is 36.0 Å². The molecule has 1 atom stereocenters. The zero-order chi connectivity index (χ0) is 20.9. The Hall–Kier alpha value is -3.85. The van der Waals surface area contributed by atoms with Gasteiger partial charge >= 0.3 is 0 Å². The van der Waals surface area contributed by atoms with Crippen molar-refractivity contribution >= 4 is 10.9 Å². The van der Waals surface area contributed by atoms with E-state index in [0.717, 1.165) is 22.2 Å². The van der Waals surface area contributed by atoms with Gasteiger partial charge in [-0.2, -0.15) is 10.1 Å². The maximum absolute atomic E-state index is 6.10. The molecule has 4 heterocycles. The number of aromatic nitrogens is 7. The van der Waals surface area contributed by atoms with Crippen LogP contribution in [-0.2, 0) is 24.9 Å². The predicted molar refractivity (Wildman–Crippen MR) is 112 cm³/mol. The van der Waals surface area contributed by atoms with E-state index in [2.05, 4.69) is 56.7 Å². The zero-order valence-electron chi connectivity index (χ0n) is 17.1. The summed E-state index contributed by atoms with van der Waals surface area (Å²) in [7, 11) is 1.89. The summed E-state index contributed by atoms with van der Waals surface area (Å²) >= 11 is 0. The summed E-state index contributed by atoms with van der Waals surface area (Å²) in [4.78, 5) is 4.56. The van der Waals surface area contributed by atoms with Crippen LogP contribution in [-0.4, -0.2) is 34.9 Å². The highest BCUT2D eigenvalue weighted by Crippen LogP contribution is 2.32. The molecule has 0 amide bonds. The van der Waals surface area contributed by atoms with Crippen LogP contribution in [0.3, 0.4) is 0 Å². The van der Waals surface area contributed by atoms with Gasteiger partial charge in [0, 0.05) is 12.4 Å². The summed E-state index contributed by atoms with van der Waals surface area (Å²) in [6.45, 7) is 3.03. The number of para-hydroxylation sites is 1. The summed E-state index contributed by atoms with van der Waals surface area (Å²) in [5.74, 6) is 0.728. The molecule has 5 aromatic rings. The molecule has 0 saturated heterocycles. The molecule has 0 radical (unpaired) electrons. The first kappa shape index (κ1) is 18.0. The van der Waals surface area contributed by atoms with E-state index in [1.54, 1.807) is 4.68 Å². The smallest absolute Gasteiger partial charge is 0.279 e. The molecule has 0 bridgehead atoms. The summed E-state index contributed by atoms with van der Waals surface area (Å²) < 4.78 is 15.3. The first-order chi connectivity index (χ1) is 15.2. The van der Waals surface area contributed by atoms with Gasteiger partial charge in [-0.3, -0.25) is 4.68 Å². The number of benzene rings is 2. The molecule has 0 fully saturated rings. The summed E-state index contributed by atoms with van der Waals surface area (Å²) in [5.41, 5.74) is 5.38. The fourth-order valence-corrected chi connectivity index (χ4v) is 3.96. The molecule has 0 saturated carbocycles. The van der Waals surface area contributed by atoms with Crippen LogP contribution in [0.5, 0.6) is 0 Å². The van der Waals surface area contributed by atoms with Crippen LogP contribution in [0.2, 0.25) is 0 Å². The van der Waals surface area contributed by atoms with Crippen LogP contribution in [0.15, 0.2) is 53.1 Å². The highest BCUT2D eigenvalue weighted by atomic mass is 16.5. The van der Waals surface area contributed by atoms with Gasteiger partial charge in [0.25, 0.3) is 5.89 Å². The van der Waals surface area contributed by atoms with Gasteiger partial charge in [-0.25, -0.2) is 4.68 Å². The Morgan fingerprint density at radius 2 is 1.87 bits per heavy atom. The van der Waals surface area contributed by atoms with Crippen LogP contribution in [0, 0.1) is 6.92 Å².